The van der Waals surface area contributed by atoms with Crippen LogP contribution in [0.25, 0.3) is 10.9 Å². The number of nitrogens with zero attached hydrogens (tertiary/aromatic N) is 1. The van der Waals surface area contributed by atoms with Gasteiger partial charge in [0.25, 0.3) is 0 Å². The molecule has 3 nitrogen and oxygen atoms in total. The van der Waals surface area contributed by atoms with Gasteiger partial charge in [0.05, 0.1) is 5.52 Å². The van der Waals surface area contributed by atoms with Gasteiger partial charge in [-0.15, -0.1) is 0 Å². The molecule has 1 aliphatic heterocycles. The molecule has 16 heavy (non-hydrogen) atoms. The molecule has 3 heteroatoms. The van der Waals surface area contributed by atoms with E-state index < -0.39 is 0 Å². The van der Waals surface area contributed by atoms with E-state index in [9.17, 15) is 0 Å². The average molecular weight is 214 g/mol. The van der Waals surface area contributed by atoms with E-state index in [-0.39, 0.29) is 0 Å². The summed E-state index contributed by atoms with van der Waals surface area (Å²) in [6, 6.07) is 10.2. The van der Waals surface area contributed by atoms with Gasteiger partial charge < -0.3 is 10.1 Å². The molecular weight excluding hydrogens is 200 g/mol. The number of pyridine rings is 1. The van der Waals surface area contributed by atoms with Crippen LogP contribution in [0.15, 0.2) is 30.3 Å². The molecule has 1 aromatic heterocycles. The second kappa shape index (κ2) is 3.76. The lowest BCUT2D eigenvalue weighted by Gasteiger charge is -2.27. The van der Waals surface area contributed by atoms with E-state index in [1.54, 1.807) is 0 Å². The summed E-state index contributed by atoms with van der Waals surface area (Å²) in [5.41, 5.74) is 2.07. The van der Waals surface area contributed by atoms with Crippen molar-refractivity contribution in [2.45, 2.75) is 13.0 Å². The Morgan fingerprint density at radius 1 is 1.25 bits per heavy atom. The first-order valence-corrected chi connectivity index (χ1v) is 5.56. The number of benzene rings is 1. The second-order valence-electron chi connectivity index (χ2n) is 4.21. The largest absolute Gasteiger partial charge is 0.488 e. The molecule has 1 fully saturated rings. The molecule has 82 valence electrons. The van der Waals surface area contributed by atoms with Gasteiger partial charge in [0.15, 0.2) is 0 Å². The summed E-state index contributed by atoms with van der Waals surface area (Å²) in [6.07, 6.45) is 0.329. The number of aryl methyl sites for hydroxylation is 1. The van der Waals surface area contributed by atoms with Crippen LogP contribution < -0.4 is 10.1 Å². The van der Waals surface area contributed by atoms with E-state index in [0.29, 0.717) is 6.10 Å². The van der Waals surface area contributed by atoms with E-state index in [1.807, 2.05) is 25.1 Å². The zero-order valence-corrected chi connectivity index (χ0v) is 9.23. The minimum absolute atomic E-state index is 0.329. The van der Waals surface area contributed by atoms with Crippen LogP contribution in [0.4, 0.5) is 0 Å². The summed E-state index contributed by atoms with van der Waals surface area (Å²) in [6.45, 7) is 3.90. The van der Waals surface area contributed by atoms with Crippen LogP contribution in [0.3, 0.4) is 0 Å². The van der Waals surface area contributed by atoms with Gasteiger partial charge in [-0.25, -0.2) is 0 Å². The molecule has 1 saturated heterocycles. The van der Waals surface area contributed by atoms with Crippen LogP contribution in [0, 0.1) is 6.92 Å². The molecule has 0 saturated carbocycles. The minimum atomic E-state index is 0.329. The number of rotatable bonds is 2. The van der Waals surface area contributed by atoms with Gasteiger partial charge in [-0.05, 0) is 31.2 Å². The molecule has 1 N–H and O–H groups in total. The van der Waals surface area contributed by atoms with Crippen molar-refractivity contribution in [3.63, 3.8) is 0 Å². The Kier molecular flexibility index (Phi) is 2.26. The summed E-state index contributed by atoms with van der Waals surface area (Å²) < 4.78 is 5.80. The van der Waals surface area contributed by atoms with Crippen molar-refractivity contribution in [1.82, 2.24) is 10.3 Å². The zero-order chi connectivity index (χ0) is 11.0. The smallest absolute Gasteiger partial charge is 0.123 e. The highest BCUT2D eigenvalue weighted by Crippen LogP contribution is 2.21. The van der Waals surface area contributed by atoms with E-state index in [0.717, 1.165) is 35.4 Å². The Morgan fingerprint density at radius 2 is 2.12 bits per heavy atom. The standard InChI is InChI=1S/C13H14N2O/c1-9-2-3-10-6-11(4-5-13(10)15-9)16-12-7-14-8-12/h2-6,12,14H,7-8H2,1H3. The molecular formula is C13H14N2O. The summed E-state index contributed by atoms with van der Waals surface area (Å²) in [5, 5.41) is 4.32. The highest BCUT2D eigenvalue weighted by molar-refractivity contribution is 5.80. The predicted octanol–water partition coefficient (Wildman–Crippen LogP) is 1.89. The Morgan fingerprint density at radius 3 is 2.88 bits per heavy atom. The molecule has 2 heterocycles. The quantitative estimate of drug-likeness (QED) is 0.829. The summed E-state index contributed by atoms with van der Waals surface area (Å²) >= 11 is 0. The maximum Gasteiger partial charge on any atom is 0.123 e. The highest BCUT2D eigenvalue weighted by Gasteiger charge is 2.18. The Hall–Kier alpha value is -1.61. The van der Waals surface area contributed by atoms with Gasteiger partial charge in [-0.1, -0.05) is 6.07 Å². The van der Waals surface area contributed by atoms with E-state index in [2.05, 4.69) is 22.4 Å². The number of ether oxygens (including phenoxy) is 1. The number of nitrogens with one attached hydrogen (secondary N) is 1. The third-order valence-electron chi connectivity index (χ3n) is 2.85. The van der Waals surface area contributed by atoms with Crippen molar-refractivity contribution in [2.24, 2.45) is 0 Å². The number of hydrogen-bond donors (Lipinski definition) is 1. The van der Waals surface area contributed by atoms with Gasteiger partial charge in [-0.3, -0.25) is 4.98 Å². The number of hydrogen-bond acceptors (Lipinski definition) is 3. The minimum Gasteiger partial charge on any atom is -0.488 e. The molecule has 0 spiro atoms. The number of fused-ring (bicyclic) bond motifs is 1. The Labute approximate surface area is 94.5 Å². The van der Waals surface area contributed by atoms with Crippen molar-refractivity contribution in [1.29, 1.82) is 0 Å². The highest BCUT2D eigenvalue weighted by atomic mass is 16.5. The summed E-state index contributed by atoms with van der Waals surface area (Å²) in [7, 11) is 0. The molecule has 1 aromatic carbocycles. The van der Waals surface area contributed by atoms with Crippen LogP contribution >= 0.6 is 0 Å². The van der Waals surface area contributed by atoms with E-state index in [1.165, 1.54) is 0 Å². The molecule has 0 aliphatic carbocycles. The van der Waals surface area contributed by atoms with E-state index >= 15 is 0 Å². The number of aromatic nitrogens is 1. The predicted molar refractivity (Wildman–Crippen MR) is 63.8 cm³/mol. The normalized spacial score (nSPS) is 16.1. The van der Waals surface area contributed by atoms with Gasteiger partial charge in [-0.2, -0.15) is 0 Å². The lowest BCUT2D eigenvalue weighted by atomic mass is 10.2. The van der Waals surface area contributed by atoms with Crippen molar-refractivity contribution in [3.8, 4) is 5.75 Å². The third-order valence-corrected chi connectivity index (χ3v) is 2.85. The van der Waals surface area contributed by atoms with Crippen molar-refractivity contribution in [3.05, 3.63) is 36.0 Å². The summed E-state index contributed by atoms with van der Waals surface area (Å²) in [5.74, 6) is 0.935. The van der Waals surface area contributed by atoms with Gasteiger partial charge >= 0.3 is 0 Å². The first kappa shape index (κ1) is 9.60. The Balaban J connectivity index is 1.92. The lowest BCUT2D eigenvalue weighted by Crippen LogP contribution is -2.50. The molecule has 2 aromatic rings. The first-order valence-electron chi connectivity index (χ1n) is 5.56. The molecule has 0 bridgehead atoms. The molecule has 0 radical (unpaired) electrons. The topological polar surface area (TPSA) is 34.1 Å². The maximum atomic E-state index is 5.80. The van der Waals surface area contributed by atoms with Crippen LogP contribution in [0.1, 0.15) is 5.69 Å². The maximum absolute atomic E-state index is 5.80. The Bertz CT molecular complexity index is 520. The molecule has 0 atom stereocenters. The molecule has 3 rings (SSSR count). The molecule has 1 aliphatic rings. The fourth-order valence-corrected chi connectivity index (χ4v) is 1.82. The van der Waals surface area contributed by atoms with Crippen molar-refractivity contribution in [2.75, 3.05) is 13.1 Å². The van der Waals surface area contributed by atoms with Crippen molar-refractivity contribution < 1.29 is 4.74 Å². The van der Waals surface area contributed by atoms with Crippen LogP contribution in [0.2, 0.25) is 0 Å². The molecule has 0 unspecified atom stereocenters. The van der Waals surface area contributed by atoms with Gasteiger partial charge in [0.2, 0.25) is 0 Å². The van der Waals surface area contributed by atoms with Gasteiger partial charge in [0, 0.05) is 24.2 Å². The van der Waals surface area contributed by atoms with Crippen LogP contribution in [0.5, 0.6) is 5.75 Å². The second-order valence-corrected chi connectivity index (χ2v) is 4.21. The van der Waals surface area contributed by atoms with E-state index in [4.69, 9.17) is 4.74 Å². The fourth-order valence-electron chi connectivity index (χ4n) is 1.82. The van der Waals surface area contributed by atoms with Crippen LogP contribution in [-0.4, -0.2) is 24.2 Å². The first-order chi connectivity index (χ1) is 7.81. The third kappa shape index (κ3) is 1.74. The zero-order valence-electron chi connectivity index (χ0n) is 9.23. The average Bonchev–Trinajstić information content (AvgIpc) is 2.23. The monoisotopic (exact) mass is 214 g/mol. The molecule has 0 amide bonds. The lowest BCUT2D eigenvalue weighted by molar-refractivity contribution is 0.142. The SMILES string of the molecule is Cc1ccc2cc(OC3CNC3)ccc2n1. The fraction of sp³-hybridized carbons (Fsp3) is 0.308. The van der Waals surface area contributed by atoms with Crippen molar-refractivity contribution >= 4 is 10.9 Å². The van der Waals surface area contributed by atoms with Gasteiger partial charge in [0.1, 0.15) is 11.9 Å². The van der Waals surface area contributed by atoms with Crippen LogP contribution in [-0.2, 0) is 0 Å². The summed E-state index contributed by atoms with van der Waals surface area (Å²) in [4.78, 5) is 4.46.